The minimum atomic E-state index is -2.40. The quantitative estimate of drug-likeness (QED) is 0.653. The zero-order chi connectivity index (χ0) is 9.68. The highest BCUT2D eigenvalue weighted by Crippen LogP contribution is 1.99. The Hall–Kier alpha value is -1.60. The summed E-state index contributed by atoms with van der Waals surface area (Å²) < 4.78 is 21.0. The van der Waals surface area contributed by atoms with Crippen molar-refractivity contribution in [1.82, 2.24) is 0 Å². The molecule has 1 aromatic rings. The number of nitriles is 1. The largest absolute Gasteiger partial charge is 0.228 e. The van der Waals surface area contributed by atoms with E-state index in [9.17, 15) is 8.42 Å². The molecule has 0 fully saturated rings. The van der Waals surface area contributed by atoms with Gasteiger partial charge in [-0.1, -0.05) is 30.3 Å². The maximum Gasteiger partial charge on any atom is 0.228 e. The Labute approximate surface area is 77.8 Å². The zero-order valence-electron chi connectivity index (χ0n) is 6.77. The Morgan fingerprint density at radius 2 is 1.92 bits per heavy atom. The molecule has 0 amide bonds. The number of rotatable bonds is 2. The molecule has 0 heterocycles. The van der Waals surface area contributed by atoms with Gasteiger partial charge in [0.1, 0.15) is 6.07 Å². The van der Waals surface area contributed by atoms with Gasteiger partial charge in [-0.25, -0.2) is 0 Å². The van der Waals surface area contributed by atoms with E-state index in [4.69, 9.17) is 5.26 Å². The fraction of sp³-hybridized carbons (Fsp3) is 0.111. The van der Waals surface area contributed by atoms with E-state index in [0.29, 0.717) is 0 Å². The Morgan fingerprint density at radius 1 is 1.31 bits per heavy atom. The number of hydrogen-bond acceptors (Lipinski definition) is 3. The second-order valence-electron chi connectivity index (χ2n) is 2.43. The van der Waals surface area contributed by atoms with E-state index < -0.39 is 10.3 Å². The van der Waals surface area contributed by atoms with Gasteiger partial charge in [-0.2, -0.15) is 13.7 Å². The second kappa shape index (κ2) is 4.43. The predicted octanol–water partition coefficient (Wildman–Crippen LogP) is 0.804. The van der Waals surface area contributed by atoms with Gasteiger partial charge in [-0.3, -0.25) is 0 Å². The van der Waals surface area contributed by atoms with Crippen LogP contribution in [0.2, 0.25) is 0 Å². The molecule has 0 radical (unpaired) electrons. The van der Waals surface area contributed by atoms with Crippen molar-refractivity contribution in [3.8, 4) is 6.07 Å². The molecule has 0 aliphatic rings. The standard InChI is InChI=1S/C9H7NO2S/c10-7-9(13(11)12)6-8-4-2-1-3-5-8/h1-5H,6H2. The van der Waals surface area contributed by atoms with Gasteiger partial charge in [-0.15, -0.1) is 0 Å². The minimum Gasteiger partial charge on any atom is -0.192 e. The van der Waals surface area contributed by atoms with E-state index in [-0.39, 0.29) is 11.3 Å². The van der Waals surface area contributed by atoms with Gasteiger partial charge in [0, 0.05) is 6.42 Å². The number of hydrogen-bond donors (Lipinski definition) is 0. The lowest BCUT2D eigenvalue weighted by atomic mass is 10.1. The maximum atomic E-state index is 10.5. The lowest BCUT2D eigenvalue weighted by Gasteiger charge is -1.93. The molecule has 0 aromatic heterocycles. The van der Waals surface area contributed by atoms with Gasteiger partial charge in [0.25, 0.3) is 0 Å². The summed E-state index contributed by atoms with van der Waals surface area (Å²) in [6, 6.07) is 10.7. The minimum absolute atomic E-state index is 0.133. The molecule has 13 heavy (non-hydrogen) atoms. The van der Waals surface area contributed by atoms with Crippen LogP contribution < -0.4 is 0 Å². The van der Waals surface area contributed by atoms with Gasteiger partial charge in [0.15, 0.2) is 4.86 Å². The van der Waals surface area contributed by atoms with Crippen molar-refractivity contribution in [3.63, 3.8) is 0 Å². The van der Waals surface area contributed by atoms with E-state index in [2.05, 4.69) is 0 Å². The number of benzene rings is 1. The first kappa shape index (κ1) is 9.49. The molecular weight excluding hydrogens is 186 g/mol. The van der Waals surface area contributed by atoms with Crippen LogP contribution in [0, 0.1) is 11.3 Å². The molecule has 0 atom stereocenters. The summed E-state index contributed by atoms with van der Waals surface area (Å²) in [4.78, 5) is -0.133. The molecule has 3 nitrogen and oxygen atoms in total. The SMILES string of the molecule is N#CC(Cc1ccccc1)=S(=O)=O. The molecule has 0 saturated carbocycles. The first-order chi connectivity index (χ1) is 6.24. The van der Waals surface area contributed by atoms with Crippen LogP contribution >= 0.6 is 0 Å². The fourth-order valence-corrected chi connectivity index (χ4v) is 1.28. The smallest absolute Gasteiger partial charge is 0.192 e. The Balaban J connectivity index is 2.95. The summed E-state index contributed by atoms with van der Waals surface area (Å²) >= 11 is 0. The van der Waals surface area contributed by atoms with E-state index in [1.165, 1.54) is 0 Å². The van der Waals surface area contributed by atoms with Crippen molar-refractivity contribution >= 4 is 15.2 Å². The third-order valence-electron chi connectivity index (χ3n) is 1.53. The van der Waals surface area contributed by atoms with Crippen LogP contribution in [0.5, 0.6) is 0 Å². The molecule has 0 aliphatic heterocycles. The summed E-state index contributed by atoms with van der Waals surface area (Å²) in [6.45, 7) is 0. The Bertz CT molecular complexity index is 446. The van der Waals surface area contributed by atoms with E-state index >= 15 is 0 Å². The molecule has 1 rings (SSSR count). The zero-order valence-corrected chi connectivity index (χ0v) is 7.58. The summed E-state index contributed by atoms with van der Waals surface area (Å²) in [5.74, 6) is 0. The van der Waals surface area contributed by atoms with Crippen molar-refractivity contribution in [2.75, 3.05) is 0 Å². The monoisotopic (exact) mass is 193 g/mol. The molecule has 4 heteroatoms. The van der Waals surface area contributed by atoms with E-state index in [1.54, 1.807) is 30.3 Å². The summed E-state index contributed by atoms with van der Waals surface area (Å²) in [5.41, 5.74) is 0.822. The molecule has 1 aromatic carbocycles. The van der Waals surface area contributed by atoms with Crippen LogP contribution in [0.15, 0.2) is 30.3 Å². The molecule has 66 valence electrons. The van der Waals surface area contributed by atoms with Crippen molar-refractivity contribution in [3.05, 3.63) is 35.9 Å². The van der Waals surface area contributed by atoms with Crippen LogP contribution in [0.25, 0.3) is 0 Å². The molecule has 0 saturated heterocycles. The number of nitrogens with zero attached hydrogens (tertiary/aromatic N) is 1. The molecule has 0 unspecified atom stereocenters. The third kappa shape index (κ3) is 2.73. The first-order valence-corrected chi connectivity index (χ1v) is 4.70. The van der Waals surface area contributed by atoms with E-state index in [0.717, 1.165) is 5.56 Å². The van der Waals surface area contributed by atoms with Crippen molar-refractivity contribution in [1.29, 1.82) is 5.26 Å². The van der Waals surface area contributed by atoms with Gasteiger partial charge >= 0.3 is 0 Å². The van der Waals surface area contributed by atoms with Gasteiger partial charge in [0.2, 0.25) is 10.3 Å². The summed E-state index contributed by atoms with van der Waals surface area (Å²) in [7, 11) is -2.40. The van der Waals surface area contributed by atoms with Gasteiger partial charge < -0.3 is 0 Å². The molecular formula is C9H7NO2S. The van der Waals surface area contributed by atoms with Crippen LogP contribution in [0.4, 0.5) is 0 Å². The Kier molecular flexibility index (Phi) is 3.23. The average Bonchev–Trinajstić information content (AvgIpc) is 2.15. The highest BCUT2D eigenvalue weighted by molar-refractivity contribution is 7.73. The lowest BCUT2D eigenvalue weighted by Crippen LogP contribution is -2.00. The normalized spacial score (nSPS) is 8.85. The highest BCUT2D eigenvalue weighted by Gasteiger charge is 2.00. The van der Waals surface area contributed by atoms with Crippen molar-refractivity contribution in [2.45, 2.75) is 6.42 Å². The van der Waals surface area contributed by atoms with Gasteiger partial charge in [0.05, 0.1) is 0 Å². The molecule has 0 N–H and O–H groups in total. The second-order valence-corrected chi connectivity index (χ2v) is 3.39. The lowest BCUT2D eigenvalue weighted by molar-refractivity contribution is 0.627. The molecule has 0 spiro atoms. The Morgan fingerprint density at radius 3 is 2.38 bits per heavy atom. The van der Waals surface area contributed by atoms with Crippen LogP contribution in [0.1, 0.15) is 5.56 Å². The van der Waals surface area contributed by atoms with Gasteiger partial charge in [-0.05, 0) is 5.56 Å². The molecule has 0 bridgehead atoms. The first-order valence-electron chi connectivity index (χ1n) is 3.63. The van der Waals surface area contributed by atoms with E-state index in [1.807, 2.05) is 6.07 Å². The highest BCUT2D eigenvalue weighted by atomic mass is 32.2. The maximum absolute atomic E-state index is 10.5. The summed E-state index contributed by atoms with van der Waals surface area (Å²) in [6.07, 6.45) is 0.174. The topological polar surface area (TPSA) is 57.9 Å². The van der Waals surface area contributed by atoms with Crippen LogP contribution in [-0.4, -0.2) is 13.3 Å². The summed E-state index contributed by atoms with van der Waals surface area (Å²) in [5, 5.41) is 8.48. The van der Waals surface area contributed by atoms with Crippen LogP contribution in [0.3, 0.4) is 0 Å². The van der Waals surface area contributed by atoms with Crippen molar-refractivity contribution < 1.29 is 8.42 Å². The molecule has 0 aliphatic carbocycles. The van der Waals surface area contributed by atoms with Crippen LogP contribution in [-0.2, 0) is 16.7 Å². The average molecular weight is 193 g/mol. The predicted molar refractivity (Wildman–Crippen MR) is 49.7 cm³/mol. The van der Waals surface area contributed by atoms with Crippen molar-refractivity contribution in [2.24, 2.45) is 0 Å². The fourth-order valence-electron chi connectivity index (χ4n) is 0.917. The third-order valence-corrected chi connectivity index (χ3v) is 2.17.